The molecule has 0 saturated carbocycles. The summed E-state index contributed by atoms with van der Waals surface area (Å²) in [6.07, 6.45) is 1.75. The van der Waals surface area contributed by atoms with Gasteiger partial charge in [0, 0.05) is 23.1 Å². The van der Waals surface area contributed by atoms with Crippen molar-refractivity contribution in [3.63, 3.8) is 0 Å². The van der Waals surface area contributed by atoms with Crippen LogP contribution in [0, 0.1) is 6.92 Å². The quantitative estimate of drug-likeness (QED) is 0.690. The van der Waals surface area contributed by atoms with Crippen LogP contribution < -0.4 is 5.56 Å². The van der Waals surface area contributed by atoms with Crippen molar-refractivity contribution in [1.29, 1.82) is 0 Å². The van der Waals surface area contributed by atoms with E-state index in [1.54, 1.807) is 24.7 Å². The molecule has 0 amide bonds. The SMILES string of the molecule is Cc1noc(-c2cc3c(Br)cn(C)c(=O)c3s2)n1. The predicted molar refractivity (Wildman–Crippen MR) is 72.8 cm³/mol. The first kappa shape index (κ1) is 11.6. The Labute approximate surface area is 114 Å². The van der Waals surface area contributed by atoms with Crippen molar-refractivity contribution in [2.24, 2.45) is 7.05 Å². The molecule has 0 unspecified atom stereocenters. The van der Waals surface area contributed by atoms with Gasteiger partial charge < -0.3 is 9.09 Å². The van der Waals surface area contributed by atoms with Crippen LogP contribution in [-0.4, -0.2) is 14.7 Å². The van der Waals surface area contributed by atoms with Crippen molar-refractivity contribution < 1.29 is 4.52 Å². The van der Waals surface area contributed by atoms with Crippen molar-refractivity contribution in [3.05, 3.63) is 32.9 Å². The maximum absolute atomic E-state index is 12.0. The summed E-state index contributed by atoms with van der Waals surface area (Å²) < 4.78 is 8.21. The minimum Gasteiger partial charge on any atom is -0.333 e. The minimum absolute atomic E-state index is 0.0271. The average molecular weight is 326 g/mol. The topological polar surface area (TPSA) is 60.9 Å². The van der Waals surface area contributed by atoms with E-state index in [0.717, 1.165) is 14.7 Å². The van der Waals surface area contributed by atoms with Crippen LogP contribution in [-0.2, 0) is 7.05 Å². The Hall–Kier alpha value is -1.47. The maximum Gasteiger partial charge on any atom is 0.268 e. The van der Waals surface area contributed by atoms with Gasteiger partial charge >= 0.3 is 0 Å². The summed E-state index contributed by atoms with van der Waals surface area (Å²) in [4.78, 5) is 17.0. The number of pyridine rings is 1. The smallest absolute Gasteiger partial charge is 0.268 e. The van der Waals surface area contributed by atoms with E-state index in [4.69, 9.17) is 4.52 Å². The van der Waals surface area contributed by atoms with E-state index in [0.29, 0.717) is 16.4 Å². The van der Waals surface area contributed by atoms with Crippen LogP contribution in [0.4, 0.5) is 0 Å². The number of thiophene rings is 1. The summed E-state index contributed by atoms with van der Waals surface area (Å²) in [5.74, 6) is 1.03. The van der Waals surface area contributed by atoms with E-state index in [1.165, 1.54) is 11.3 Å². The fourth-order valence-corrected chi connectivity index (χ4v) is 3.52. The molecule has 0 aliphatic rings. The van der Waals surface area contributed by atoms with Crippen LogP contribution in [0.25, 0.3) is 20.9 Å². The molecule has 5 nitrogen and oxygen atoms in total. The summed E-state index contributed by atoms with van der Waals surface area (Å²) in [6, 6.07) is 1.89. The Morgan fingerprint density at radius 2 is 2.28 bits per heavy atom. The molecule has 3 heterocycles. The summed E-state index contributed by atoms with van der Waals surface area (Å²) in [6.45, 7) is 1.76. The second-order valence-electron chi connectivity index (χ2n) is 3.89. The van der Waals surface area contributed by atoms with Crippen molar-refractivity contribution >= 4 is 37.4 Å². The summed E-state index contributed by atoms with van der Waals surface area (Å²) in [7, 11) is 1.72. The maximum atomic E-state index is 12.0. The second kappa shape index (κ2) is 4.03. The zero-order chi connectivity index (χ0) is 12.9. The highest BCUT2D eigenvalue weighted by atomic mass is 79.9. The van der Waals surface area contributed by atoms with Crippen molar-refractivity contribution in [2.75, 3.05) is 0 Å². The predicted octanol–water partition coefficient (Wildman–Crippen LogP) is 2.72. The molecule has 0 fully saturated rings. The number of aryl methyl sites for hydroxylation is 2. The fourth-order valence-electron chi connectivity index (χ4n) is 1.69. The highest BCUT2D eigenvalue weighted by Gasteiger charge is 2.15. The molecule has 0 aromatic carbocycles. The van der Waals surface area contributed by atoms with E-state index < -0.39 is 0 Å². The standard InChI is InChI=1S/C11H8BrN3O2S/c1-5-13-10(17-14-5)8-3-6-7(12)4-15(2)11(16)9(6)18-8/h3-4H,1-2H3. The molecule has 0 radical (unpaired) electrons. The van der Waals surface area contributed by atoms with E-state index >= 15 is 0 Å². The minimum atomic E-state index is -0.0271. The molecule has 0 aliphatic carbocycles. The molecule has 18 heavy (non-hydrogen) atoms. The van der Waals surface area contributed by atoms with Gasteiger partial charge in [0.05, 0.1) is 4.88 Å². The fraction of sp³-hybridized carbons (Fsp3) is 0.182. The van der Waals surface area contributed by atoms with E-state index in [1.807, 2.05) is 6.07 Å². The van der Waals surface area contributed by atoms with Gasteiger partial charge in [0.15, 0.2) is 5.82 Å². The lowest BCUT2D eigenvalue weighted by molar-refractivity contribution is 0.426. The number of aromatic nitrogens is 3. The number of nitrogens with zero attached hydrogens (tertiary/aromatic N) is 3. The van der Waals surface area contributed by atoms with Gasteiger partial charge in [-0.05, 0) is 28.9 Å². The molecule has 3 aromatic rings. The summed E-state index contributed by atoms with van der Waals surface area (Å²) >= 11 is 4.81. The molecule has 0 spiro atoms. The molecular formula is C11H8BrN3O2S. The Bertz CT molecular complexity index is 802. The summed E-state index contributed by atoms with van der Waals surface area (Å²) in [5.41, 5.74) is -0.0271. The van der Waals surface area contributed by atoms with E-state index in [2.05, 4.69) is 26.1 Å². The van der Waals surface area contributed by atoms with Crippen molar-refractivity contribution in [2.45, 2.75) is 6.92 Å². The lowest BCUT2D eigenvalue weighted by atomic mass is 10.3. The Morgan fingerprint density at radius 1 is 1.50 bits per heavy atom. The van der Waals surface area contributed by atoms with Crippen LogP contribution in [0.5, 0.6) is 0 Å². The van der Waals surface area contributed by atoms with E-state index in [9.17, 15) is 4.79 Å². The first-order valence-corrected chi connectivity index (χ1v) is 6.76. The van der Waals surface area contributed by atoms with Crippen LogP contribution in [0.2, 0.25) is 0 Å². The molecule has 7 heteroatoms. The third kappa shape index (κ3) is 1.70. The van der Waals surface area contributed by atoms with Gasteiger partial charge in [-0.25, -0.2) is 0 Å². The van der Waals surface area contributed by atoms with Gasteiger partial charge in [-0.1, -0.05) is 5.16 Å². The monoisotopic (exact) mass is 325 g/mol. The van der Waals surface area contributed by atoms with Gasteiger partial charge in [0.2, 0.25) is 0 Å². The zero-order valence-corrected chi connectivity index (χ0v) is 12.0. The van der Waals surface area contributed by atoms with Gasteiger partial charge in [-0.15, -0.1) is 11.3 Å². The van der Waals surface area contributed by atoms with Crippen LogP contribution in [0.3, 0.4) is 0 Å². The second-order valence-corrected chi connectivity index (χ2v) is 5.80. The van der Waals surface area contributed by atoms with Gasteiger partial charge in [0.1, 0.15) is 4.70 Å². The molecule has 92 valence electrons. The van der Waals surface area contributed by atoms with Crippen LogP contribution >= 0.6 is 27.3 Å². The third-order valence-corrected chi connectivity index (χ3v) is 4.29. The number of fused-ring (bicyclic) bond motifs is 1. The molecule has 3 aromatic heterocycles. The number of hydrogen-bond donors (Lipinski definition) is 0. The molecule has 0 N–H and O–H groups in total. The molecule has 0 atom stereocenters. The first-order valence-electron chi connectivity index (χ1n) is 5.15. The number of hydrogen-bond acceptors (Lipinski definition) is 5. The normalized spacial score (nSPS) is 11.3. The van der Waals surface area contributed by atoms with Gasteiger partial charge in [-0.2, -0.15) is 4.98 Å². The Balaban J connectivity index is 2.32. The van der Waals surface area contributed by atoms with Crippen LogP contribution in [0.1, 0.15) is 5.82 Å². The molecular weight excluding hydrogens is 318 g/mol. The van der Waals surface area contributed by atoms with Gasteiger partial charge in [0.25, 0.3) is 11.4 Å². The van der Waals surface area contributed by atoms with Gasteiger partial charge in [-0.3, -0.25) is 4.79 Å². The third-order valence-electron chi connectivity index (χ3n) is 2.55. The summed E-state index contributed by atoms with van der Waals surface area (Å²) in [5, 5.41) is 4.62. The Morgan fingerprint density at radius 3 is 2.94 bits per heavy atom. The zero-order valence-electron chi connectivity index (χ0n) is 9.60. The van der Waals surface area contributed by atoms with E-state index in [-0.39, 0.29) is 5.56 Å². The molecule has 0 saturated heterocycles. The Kier molecular flexibility index (Phi) is 2.60. The lowest BCUT2D eigenvalue weighted by Gasteiger charge is -1.98. The first-order chi connectivity index (χ1) is 8.56. The molecule has 3 rings (SSSR count). The molecule has 0 aliphatic heterocycles. The lowest BCUT2D eigenvalue weighted by Crippen LogP contribution is -2.14. The number of rotatable bonds is 1. The molecule has 0 bridgehead atoms. The van der Waals surface area contributed by atoms with Crippen LogP contribution in [0.15, 0.2) is 26.1 Å². The number of halogens is 1. The highest BCUT2D eigenvalue weighted by Crippen LogP contribution is 2.34. The van der Waals surface area contributed by atoms with Crippen molar-refractivity contribution in [1.82, 2.24) is 14.7 Å². The average Bonchev–Trinajstić information content (AvgIpc) is 2.92. The largest absolute Gasteiger partial charge is 0.333 e. The van der Waals surface area contributed by atoms with Crippen molar-refractivity contribution in [3.8, 4) is 10.8 Å². The highest BCUT2D eigenvalue weighted by molar-refractivity contribution is 9.10.